The van der Waals surface area contributed by atoms with Gasteiger partial charge < -0.3 is 15.0 Å². The molecule has 0 aliphatic carbocycles. The largest absolute Gasteiger partial charge is 0.491 e. The van der Waals surface area contributed by atoms with E-state index in [2.05, 4.69) is 55.3 Å². The highest BCUT2D eigenvalue weighted by atomic mass is 16.5. The lowest BCUT2D eigenvalue weighted by molar-refractivity contribution is 0.193. The van der Waals surface area contributed by atoms with E-state index in [-0.39, 0.29) is 6.10 Å². The van der Waals surface area contributed by atoms with Crippen LogP contribution >= 0.6 is 0 Å². The monoisotopic (exact) mass is 290 g/mol. The van der Waals surface area contributed by atoms with Crippen LogP contribution in [0.4, 0.5) is 0 Å². The number of rotatable bonds is 7. The fourth-order valence-corrected chi connectivity index (χ4v) is 2.71. The molecule has 1 heterocycles. The van der Waals surface area contributed by atoms with Crippen molar-refractivity contribution in [2.45, 2.75) is 46.3 Å². The van der Waals surface area contributed by atoms with Crippen LogP contribution in [0.5, 0.6) is 5.75 Å². The van der Waals surface area contributed by atoms with Crippen molar-refractivity contribution in [3.8, 4) is 5.75 Å². The third kappa shape index (κ3) is 6.06. The quantitative estimate of drug-likeness (QED) is 0.780. The van der Waals surface area contributed by atoms with Gasteiger partial charge in [-0.15, -0.1) is 0 Å². The molecule has 3 heteroatoms. The lowest BCUT2D eigenvalue weighted by Crippen LogP contribution is -2.37. The summed E-state index contributed by atoms with van der Waals surface area (Å²) in [7, 11) is 0. The van der Waals surface area contributed by atoms with E-state index in [0.717, 1.165) is 24.8 Å². The summed E-state index contributed by atoms with van der Waals surface area (Å²) in [6, 6.07) is 8.41. The summed E-state index contributed by atoms with van der Waals surface area (Å²) >= 11 is 0. The average molecular weight is 290 g/mol. The van der Waals surface area contributed by atoms with E-state index in [9.17, 15) is 0 Å². The summed E-state index contributed by atoms with van der Waals surface area (Å²) in [6.45, 7) is 12.2. The first-order valence-corrected chi connectivity index (χ1v) is 8.32. The van der Waals surface area contributed by atoms with Gasteiger partial charge in [0.2, 0.25) is 0 Å². The van der Waals surface area contributed by atoms with E-state index in [4.69, 9.17) is 4.74 Å². The average Bonchev–Trinajstić information content (AvgIpc) is 2.46. The van der Waals surface area contributed by atoms with Crippen molar-refractivity contribution in [3.63, 3.8) is 0 Å². The fraction of sp³-hybridized carbons (Fsp3) is 0.667. The van der Waals surface area contributed by atoms with Gasteiger partial charge in [0.15, 0.2) is 0 Å². The SMILES string of the molecule is CC1CCN(CCNCc2ccc(OC(C)C)cc2)CC1. The zero-order valence-corrected chi connectivity index (χ0v) is 13.8. The first-order chi connectivity index (χ1) is 10.1. The molecule has 21 heavy (non-hydrogen) atoms. The Balaban J connectivity index is 1.62. The summed E-state index contributed by atoms with van der Waals surface area (Å²) in [5.74, 6) is 1.87. The molecule has 3 nitrogen and oxygen atoms in total. The molecule has 0 aromatic heterocycles. The molecule has 0 radical (unpaired) electrons. The maximum atomic E-state index is 5.66. The first-order valence-electron chi connectivity index (χ1n) is 8.32. The minimum Gasteiger partial charge on any atom is -0.491 e. The van der Waals surface area contributed by atoms with Gasteiger partial charge in [0.05, 0.1) is 6.10 Å². The standard InChI is InChI=1S/C18H30N2O/c1-15(2)21-18-6-4-17(5-7-18)14-19-10-13-20-11-8-16(3)9-12-20/h4-7,15-16,19H,8-14H2,1-3H3. The Hall–Kier alpha value is -1.06. The zero-order valence-electron chi connectivity index (χ0n) is 13.8. The lowest BCUT2D eigenvalue weighted by atomic mass is 9.99. The predicted molar refractivity (Wildman–Crippen MR) is 88.8 cm³/mol. The number of benzene rings is 1. The van der Waals surface area contributed by atoms with Crippen LogP contribution in [0.2, 0.25) is 0 Å². The maximum Gasteiger partial charge on any atom is 0.119 e. The van der Waals surface area contributed by atoms with Crippen LogP contribution in [0, 0.1) is 5.92 Å². The van der Waals surface area contributed by atoms with Crippen molar-refractivity contribution in [1.82, 2.24) is 10.2 Å². The van der Waals surface area contributed by atoms with Crippen molar-refractivity contribution < 1.29 is 4.74 Å². The molecule has 118 valence electrons. The normalized spacial score (nSPS) is 17.3. The van der Waals surface area contributed by atoms with Crippen molar-refractivity contribution >= 4 is 0 Å². The molecule has 0 saturated carbocycles. The minimum atomic E-state index is 0.237. The second-order valence-electron chi connectivity index (χ2n) is 6.51. The molecule has 1 aliphatic heterocycles. The third-order valence-corrected chi connectivity index (χ3v) is 4.11. The van der Waals surface area contributed by atoms with Crippen molar-refractivity contribution in [2.75, 3.05) is 26.2 Å². The number of likely N-dealkylation sites (tertiary alicyclic amines) is 1. The Morgan fingerprint density at radius 2 is 1.86 bits per heavy atom. The van der Waals surface area contributed by atoms with Gasteiger partial charge in [-0.1, -0.05) is 19.1 Å². The highest BCUT2D eigenvalue weighted by Gasteiger charge is 2.14. The van der Waals surface area contributed by atoms with Gasteiger partial charge in [-0.05, 0) is 63.4 Å². The maximum absolute atomic E-state index is 5.66. The van der Waals surface area contributed by atoms with E-state index >= 15 is 0 Å². The van der Waals surface area contributed by atoms with E-state index in [1.54, 1.807) is 0 Å². The van der Waals surface area contributed by atoms with Crippen LogP contribution in [0.3, 0.4) is 0 Å². The number of ether oxygens (including phenoxy) is 1. The summed E-state index contributed by atoms with van der Waals surface area (Å²) < 4.78 is 5.66. The van der Waals surface area contributed by atoms with Gasteiger partial charge in [0.1, 0.15) is 5.75 Å². The summed E-state index contributed by atoms with van der Waals surface area (Å²) in [5.41, 5.74) is 1.32. The fourth-order valence-electron chi connectivity index (χ4n) is 2.71. The molecule has 1 fully saturated rings. The van der Waals surface area contributed by atoms with Crippen LogP contribution < -0.4 is 10.1 Å². The van der Waals surface area contributed by atoms with Crippen LogP contribution in [0.15, 0.2) is 24.3 Å². The predicted octanol–water partition coefficient (Wildman–Crippen LogP) is 3.30. The highest BCUT2D eigenvalue weighted by Crippen LogP contribution is 2.15. The number of nitrogens with zero attached hydrogens (tertiary/aromatic N) is 1. The van der Waals surface area contributed by atoms with Gasteiger partial charge in [0.25, 0.3) is 0 Å². The Morgan fingerprint density at radius 3 is 2.48 bits per heavy atom. The van der Waals surface area contributed by atoms with E-state index in [1.165, 1.54) is 38.0 Å². The molecule has 0 amide bonds. The van der Waals surface area contributed by atoms with Gasteiger partial charge in [-0.25, -0.2) is 0 Å². The van der Waals surface area contributed by atoms with E-state index < -0.39 is 0 Å². The number of hydrogen-bond donors (Lipinski definition) is 1. The number of nitrogens with one attached hydrogen (secondary N) is 1. The van der Waals surface area contributed by atoms with Gasteiger partial charge >= 0.3 is 0 Å². The molecular formula is C18H30N2O. The molecule has 1 aromatic carbocycles. The number of hydrogen-bond acceptors (Lipinski definition) is 3. The third-order valence-electron chi connectivity index (χ3n) is 4.11. The Kier molecular flexibility index (Phi) is 6.52. The van der Waals surface area contributed by atoms with Crippen molar-refractivity contribution in [3.05, 3.63) is 29.8 Å². The minimum absolute atomic E-state index is 0.237. The smallest absolute Gasteiger partial charge is 0.119 e. The summed E-state index contributed by atoms with van der Waals surface area (Å²) in [5, 5.41) is 3.54. The summed E-state index contributed by atoms with van der Waals surface area (Å²) in [6.07, 6.45) is 2.95. The van der Waals surface area contributed by atoms with Crippen molar-refractivity contribution in [1.29, 1.82) is 0 Å². The molecule has 0 atom stereocenters. The van der Waals surface area contributed by atoms with E-state index in [1.807, 2.05) is 0 Å². The molecule has 1 saturated heterocycles. The Labute approximate surface area is 129 Å². The first kappa shape index (κ1) is 16.3. The van der Waals surface area contributed by atoms with Gasteiger partial charge in [0, 0.05) is 19.6 Å². The second kappa shape index (κ2) is 8.40. The van der Waals surface area contributed by atoms with Gasteiger partial charge in [-0.3, -0.25) is 0 Å². The molecule has 0 bridgehead atoms. The lowest BCUT2D eigenvalue weighted by Gasteiger charge is -2.30. The van der Waals surface area contributed by atoms with Crippen molar-refractivity contribution in [2.24, 2.45) is 5.92 Å². The highest BCUT2D eigenvalue weighted by molar-refractivity contribution is 5.27. The second-order valence-corrected chi connectivity index (χ2v) is 6.51. The molecule has 2 rings (SSSR count). The molecule has 0 spiro atoms. The van der Waals surface area contributed by atoms with Crippen LogP contribution in [0.25, 0.3) is 0 Å². The Bertz CT molecular complexity index is 394. The van der Waals surface area contributed by atoms with Crippen LogP contribution in [-0.4, -0.2) is 37.2 Å². The van der Waals surface area contributed by atoms with Crippen LogP contribution in [-0.2, 0) is 6.54 Å². The summed E-state index contributed by atoms with van der Waals surface area (Å²) in [4.78, 5) is 2.58. The number of piperidine rings is 1. The molecule has 1 aliphatic rings. The van der Waals surface area contributed by atoms with Gasteiger partial charge in [-0.2, -0.15) is 0 Å². The van der Waals surface area contributed by atoms with Crippen LogP contribution in [0.1, 0.15) is 39.2 Å². The zero-order chi connectivity index (χ0) is 15.1. The topological polar surface area (TPSA) is 24.5 Å². The molecule has 0 unspecified atom stereocenters. The molecule has 1 aromatic rings. The molecular weight excluding hydrogens is 260 g/mol. The van der Waals surface area contributed by atoms with E-state index in [0.29, 0.717) is 0 Å². The molecule has 1 N–H and O–H groups in total. The Morgan fingerprint density at radius 1 is 1.19 bits per heavy atom.